The SMILES string of the molecule is C.CC12CCCC1C1CCC3CCCCC3(C)C1CC2=O. The van der Waals surface area contributed by atoms with Gasteiger partial charge >= 0.3 is 0 Å². The Balaban J connectivity index is 0.00000132. The van der Waals surface area contributed by atoms with Crippen molar-refractivity contribution in [1.29, 1.82) is 0 Å². The maximum Gasteiger partial charge on any atom is 0.139 e. The van der Waals surface area contributed by atoms with Crippen LogP contribution in [0.1, 0.15) is 85.5 Å². The molecule has 1 nitrogen and oxygen atoms in total. The molecule has 0 N–H and O–H groups in total. The molecular formula is C20H34O. The van der Waals surface area contributed by atoms with Crippen molar-refractivity contribution in [2.45, 2.75) is 85.5 Å². The third kappa shape index (κ3) is 1.98. The number of rotatable bonds is 0. The number of carbonyl (C=O) groups is 1. The van der Waals surface area contributed by atoms with Crippen LogP contribution >= 0.6 is 0 Å². The summed E-state index contributed by atoms with van der Waals surface area (Å²) in [4.78, 5) is 12.9. The third-order valence-electron chi connectivity index (χ3n) is 8.25. The zero-order chi connectivity index (χ0) is 14.0. The largest absolute Gasteiger partial charge is 0.299 e. The Morgan fingerprint density at radius 2 is 1.71 bits per heavy atom. The molecule has 21 heavy (non-hydrogen) atoms. The first-order valence-corrected chi connectivity index (χ1v) is 9.09. The van der Waals surface area contributed by atoms with Crippen LogP contribution in [0.15, 0.2) is 0 Å². The Bertz CT molecular complexity index is 428. The standard InChI is InChI=1S/C19H30O.CH4/c1-18-10-4-3-6-13(18)8-9-14-15-7-5-11-19(15,2)17(20)12-16(14)18;/h13-16H,3-12H2,1-2H3;1H4. The zero-order valence-electron chi connectivity index (χ0n) is 13.3. The smallest absolute Gasteiger partial charge is 0.139 e. The van der Waals surface area contributed by atoms with Crippen LogP contribution in [0.25, 0.3) is 0 Å². The molecule has 4 aliphatic carbocycles. The Hall–Kier alpha value is -0.330. The van der Waals surface area contributed by atoms with Gasteiger partial charge in [-0.15, -0.1) is 0 Å². The normalized spacial score (nSPS) is 52.4. The maximum atomic E-state index is 12.9. The second-order valence-electron chi connectivity index (χ2n) is 8.84. The lowest BCUT2D eigenvalue weighted by Crippen LogP contribution is -2.54. The van der Waals surface area contributed by atoms with Crippen LogP contribution in [-0.4, -0.2) is 5.78 Å². The van der Waals surface area contributed by atoms with Crippen molar-refractivity contribution in [3.05, 3.63) is 0 Å². The van der Waals surface area contributed by atoms with Crippen molar-refractivity contribution in [1.82, 2.24) is 0 Å². The van der Waals surface area contributed by atoms with E-state index in [1.165, 1.54) is 57.8 Å². The molecule has 1 heteroatoms. The summed E-state index contributed by atoms with van der Waals surface area (Å²) in [5, 5.41) is 0. The van der Waals surface area contributed by atoms with Crippen molar-refractivity contribution in [2.75, 3.05) is 0 Å². The number of hydrogen-bond acceptors (Lipinski definition) is 1. The second-order valence-corrected chi connectivity index (χ2v) is 8.84. The number of carbonyl (C=O) groups excluding carboxylic acids is 1. The molecular weight excluding hydrogens is 256 g/mol. The predicted molar refractivity (Wildman–Crippen MR) is 88.1 cm³/mol. The van der Waals surface area contributed by atoms with Gasteiger partial charge in [0.2, 0.25) is 0 Å². The average molecular weight is 290 g/mol. The third-order valence-corrected chi connectivity index (χ3v) is 8.25. The molecule has 4 rings (SSSR count). The molecule has 4 fully saturated rings. The lowest BCUT2D eigenvalue weighted by Gasteiger charge is -2.59. The van der Waals surface area contributed by atoms with Gasteiger partial charge in [-0.3, -0.25) is 4.79 Å². The van der Waals surface area contributed by atoms with E-state index in [2.05, 4.69) is 13.8 Å². The molecule has 0 aliphatic heterocycles. The Morgan fingerprint density at radius 1 is 0.905 bits per heavy atom. The second kappa shape index (κ2) is 5.10. The van der Waals surface area contributed by atoms with Crippen molar-refractivity contribution >= 4 is 5.78 Å². The first-order chi connectivity index (χ1) is 9.56. The number of fused-ring (bicyclic) bond motifs is 5. The van der Waals surface area contributed by atoms with Crippen LogP contribution in [-0.2, 0) is 4.79 Å². The lowest BCUT2D eigenvalue weighted by molar-refractivity contribution is -0.152. The van der Waals surface area contributed by atoms with Crippen molar-refractivity contribution in [3.8, 4) is 0 Å². The lowest BCUT2D eigenvalue weighted by atomic mass is 9.45. The number of ketones is 1. The van der Waals surface area contributed by atoms with Gasteiger partial charge in [0.1, 0.15) is 5.78 Å². The highest BCUT2D eigenvalue weighted by Gasteiger charge is 2.60. The summed E-state index contributed by atoms with van der Waals surface area (Å²) in [5.41, 5.74) is 0.569. The molecule has 0 aromatic heterocycles. The van der Waals surface area contributed by atoms with Gasteiger partial charge in [0.05, 0.1) is 0 Å². The quantitative estimate of drug-likeness (QED) is 0.565. The molecule has 0 radical (unpaired) electrons. The summed E-state index contributed by atoms with van der Waals surface area (Å²) in [6.07, 6.45) is 13.3. The summed E-state index contributed by atoms with van der Waals surface area (Å²) in [5.74, 6) is 3.89. The zero-order valence-corrected chi connectivity index (χ0v) is 13.3. The molecule has 4 saturated carbocycles. The van der Waals surface area contributed by atoms with E-state index in [9.17, 15) is 4.79 Å². The molecule has 6 unspecified atom stereocenters. The van der Waals surface area contributed by atoms with Gasteiger partial charge in [-0.2, -0.15) is 0 Å². The van der Waals surface area contributed by atoms with E-state index in [4.69, 9.17) is 0 Å². The van der Waals surface area contributed by atoms with E-state index in [0.29, 0.717) is 11.2 Å². The van der Waals surface area contributed by atoms with Gasteiger partial charge in [0.25, 0.3) is 0 Å². The van der Waals surface area contributed by atoms with Gasteiger partial charge < -0.3 is 0 Å². The topological polar surface area (TPSA) is 17.1 Å². The summed E-state index contributed by atoms with van der Waals surface area (Å²) in [6.45, 7) is 4.86. The summed E-state index contributed by atoms with van der Waals surface area (Å²) in [6, 6.07) is 0. The molecule has 4 aliphatic rings. The van der Waals surface area contributed by atoms with Crippen LogP contribution in [0.4, 0.5) is 0 Å². The monoisotopic (exact) mass is 290 g/mol. The summed E-state index contributed by atoms with van der Waals surface area (Å²) in [7, 11) is 0. The van der Waals surface area contributed by atoms with Gasteiger partial charge in [0.15, 0.2) is 0 Å². The minimum absolute atomic E-state index is 0. The first-order valence-electron chi connectivity index (χ1n) is 9.09. The highest BCUT2D eigenvalue weighted by atomic mass is 16.1. The van der Waals surface area contributed by atoms with E-state index >= 15 is 0 Å². The molecule has 0 amide bonds. The minimum Gasteiger partial charge on any atom is -0.299 e. The van der Waals surface area contributed by atoms with E-state index in [-0.39, 0.29) is 12.8 Å². The van der Waals surface area contributed by atoms with E-state index in [1.54, 1.807) is 0 Å². The molecule has 0 aromatic rings. The minimum atomic E-state index is 0. The van der Waals surface area contributed by atoms with Gasteiger partial charge in [-0.1, -0.05) is 40.5 Å². The summed E-state index contributed by atoms with van der Waals surface area (Å²) < 4.78 is 0. The molecule has 0 spiro atoms. The van der Waals surface area contributed by atoms with Crippen LogP contribution in [0.3, 0.4) is 0 Å². The highest BCUT2D eigenvalue weighted by Crippen LogP contribution is 2.65. The van der Waals surface area contributed by atoms with Gasteiger partial charge in [0, 0.05) is 11.8 Å². The fourth-order valence-corrected chi connectivity index (χ4v) is 7.00. The molecule has 0 bridgehead atoms. The fraction of sp³-hybridized carbons (Fsp3) is 0.950. The number of hydrogen-bond donors (Lipinski definition) is 0. The highest BCUT2D eigenvalue weighted by molar-refractivity contribution is 5.86. The van der Waals surface area contributed by atoms with E-state index < -0.39 is 0 Å². The molecule has 0 saturated heterocycles. The van der Waals surface area contributed by atoms with Crippen LogP contribution in [0.5, 0.6) is 0 Å². The predicted octanol–water partition coefficient (Wildman–Crippen LogP) is 5.62. The molecule has 0 heterocycles. The summed E-state index contributed by atoms with van der Waals surface area (Å²) >= 11 is 0. The van der Waals surface area contributed by atoms with Gasteiger partial charge in [-0.05, 0) is 67.6 Å². The Morgan fingerprint density at radius 3 is 2.52 bits per heavy atom. The fourth-order valence-electron chi connectivity index (χ4n) is 7.00. The number of Topliss-reactive ketones (excluding diaryl/α,β-unsaturated/α-hetero) is 1. The molecule has 0 aromatic carbocycles. The molecule has 6 atom stereocenters. The maximum absolute atomic E-state index is 12.9. The Kier molecular flexibility index (Phi) is 3.78. The van der Waals surface area contributed by atoms with Crippen molar-refractivity contribution < 1.29 is 4.79 Å². The van der Waals surface area contributed by atoms with Crippen LogP contribution < -0.4 is 0 Å². The average Bonchev–Trinajstić information content (AvgIpc) is 2.83. The van der Waals surface area contributed by atoms with Crippen molar-refractivity contribution in [3.63, 3.8) is 0 Å². The van der Waals surface area contributed by atoms with Crippen molar-refractivity contribution in [2.24, 2.45) is 34.5 Å². The van der Waals surface area contributed by atoms with Crippen LogP contribution in [0.2, 0.25) is 0 Å². The van der Waals surface area contributed by atoms with Crippen LogP contribution in [0, 0.1) is 34.5 Å². The molecule has 120 valence electrons. The first kappa shape index (κ1) is 15.6. The van der Waals surface area contributed by atoms with E-state index in [0.717, 1.165) is 30.1 Å². The van der Waals surface area contributed by atoms with Gasteiger partial charge in [-0.25, -0.2) is 0 Å². The Labute approximate surface area is 131 Å². The van der Waals surface area contributed by atoms with E-state index in [1.807, 2.05) is 0 Å².